The van der Waals surface area contributed by atoms with Gasteiger partial charge in [-0.05, 0) is 49.7 Å². The van der Waals surface area contributed by atoms with E-state index in [-0.39, 0.29) is 11.9 Å². The molecule has 0 bridgehead atoms. The van der Waals surface area contributed by atoms with Gasteiger partial charge in [0.25, 0.3) is 0 Å². The summed E-state index contributed by atoms with van der Waals surface area (Å²) >= 11 is 0. The van der Waals surface area contributed by atoms with Crippen LogP contribution in [0.25, 0.3) is 0 Å². The lowest BCUT2D eigenvalue weighted by atomic mass is 10.0. The zero-order chi connectivity index (χ0) is 21.0. The lowest BCUT2D eigenvalue weighted by Crippen LogP contribution is -2.48. The van der Waals surface area contributed by atoms with Crippen LogP contribution in [-0.4, -0.2) is 52.9 Å². The third-order valence-electron chi connectivity index (χ3n) is 5.14. The summed E-state index contributed by atoms with van der Waals surface area (Å²) in [6.07, 6.45) is 1.56. The van der Waals surface area contributed by atoms with Crippen LogP contribution < -0.4 is 10.6 Å². The fourth-order valence-electron chi connectivity index (χ4n) is 3.40. The second kappa shape index (κ2) is 9.00. The Kier molecular flexibility index (Phi) is 6.43. The van der Waals surface area contributed by atoms with Crippen LogP contribution in [0.4, 0.5) is 20.6 Å². The number of amides is 3. The lowest BCUT2D eigenvalue weighted by Gasteiger charge is -2.38. The first-order valence-corrected chi connectivity index (χ1v) is 9.62. The van der Waals surface area contributed by atoms with Gasteiger partial charge in [0.2, 0.25) is 5.91 Å². The number of hydrogen-bond donors (Lipinski definition) is 2. The minimum atomic E-state index is -0.463. The molecule has 2 heterocycles. The molecule has 2 aromatic rings. The topological polar surface area (TPSA) is 77.6 Å². The normalized spacial score (nSPS) is 15.7. The van der Waals surface area contributed by atoms with Gasteiger partial charge >= 0.3 is 6.03 Å². The number of aromatic nitrogens is 1. The van der Waals surface area contributed by atoms with Gasteiger partial charge in [-0.1, -0.05) is 0 Å². The number of carbonyl (C=O) groups is 2. The second-order valence-corrected chi connectivity index (χ2v) is 7.26. The van der Waals surface area contributed by atoms with Gasteiger partial charge in [0.05, 0.1) is 11.9 Å². The van der Waals surface area contributed by atoms with Crippen molar-refractivity contribution in [1.82, 2.24) is 14.8 Å². The molecule has 7 nitrogen and oxygen atoms in total. The van der Waals surface area contributed by atoms with Crippen LogP contribution in [0.5, 0.6) is 0 Å². The molecule has 1 saturated heterocycles. The summed E-state index contributed by atoms with van der Waals surface area (Å²) in [5.41, 5.74) is 2.56. The van der Waals surface area contributed by atoms with Crippen molar-refractivity contribution in [3.63, 3.8) is 0 Å². The second-order valence-electron chi connectivity index (χ2n) is 7.26. The molecule has 0 saturated carbocycles. The number of carbonyl (C=O) groups excluding carboxylic acids is 2. The van der Waals surface area contributed by atoms with Gasteiger partial charge in [0, 0.05) is 50.5 Å². The Balaban J connectivity index is 1.65. The average Bonchev–Trinajstić information content (AvgIpc) is 2.68. The molecule has 1 unspecified atom stereocenters. The van der Waals surface area contributed by atoms with Crippen LogP contribution >= 0.6 is 0 Å². The molecule has 1 aliphatic rings. The van der Waals surface area contributed by atoms with Gasteiger partial charge in [-0.3, -0.25) is 14.7 Å². The fourth-order valence-corrected chi connectivity index (χ4v) is 3.40. The Bertz CT molecular complexity index is 879. The minimum Gasteiger partial charge on any atom is -0.340 e. The number of piperazine rings is 1. The minimum absolute atomic E-state index is 0.0373. The van der Waals surface area contributed by atoms with Crippen LogP contribution in [0.2, 0.25) is 0 Å². The number of nitrogens with one attached hydrogen (secondary N) is 2. The van der Waals surface area contributed by atoms with E-state index in [0.717, 1.165) is 24.3 Å². The standard InChI is InChI=1S/C21H26FN5O2/c1-14-4-5-19(13-23-14)24-21(29)25-20-11-17(10-18(22)12-20)15(2)26-6-8-27(9-7-26)16(3)28/h4-5,10-13,15H,6-9H2,1-3H3,(H2,24,25,29). The zero-order valence-corrected chi connectivity index (χ0v) is 16.9. The third-order valence-corrected chi connectivity index (χ3v) is 5.14. The predicted molar refractivity (Wildman–Crippen MR) is 110 cm³/mol. The van der Waals surface area contributed by atoms with Crippen molar-refractivity contribution in [3.8, 4) is 0 Å². The maximum atomic E-state index is 14.2. The summed E-state index contributed by atoms with van der Waals surface area (Å²) < 4.78 is 14.2. The average molecular weight is 399 g/mol. The van der Waals surface area contributed by atoms with Crippen molar-refractivity contribution in [2.24, 2.45) is 0 Å². The Hall–Kier alpha value is -3.00. The maximum Gasteiger partial charge on any atom is 0.323 e. The Morgan fingerprint density at radius 1 is 1.07 bits per heavy atom. The number of pyridine rings is 1. The van der Waals surface area contributed by atoms with E-state index >= 15 is 0 Å². The Morgan fingerprint density at radius 3 is 2.38 bits per heavy atom. The summed E-state index contributed by atoms with van der Waals surface area (Å²) in [5.74, 6) is -0.339. The number of nitrogens with zero attached hydrogens (tertiary/aromatic N) is 3. The molecule has 1 aliphatic heterocycles. The third kappa shape index (κ3) is 5.51. The quantitative estimate of drug-likeness (QED) is 0.826. The molecular weight excluding hydrogens is 373 g/mol. The molecule has 0 aliphatic carbocycles. The molecule has 0 spiro atoms. The molecule has 1 atom stereocenters. The highest BCUT2D eigenvalue weighted by atomic mass is 19.1. The molecule has 29 heavy (non-hydrogen) atoms. The van der Waals surface area contributed by atoms with Crippen molar-refractivity contribution in [2.45, 2.75) is 26.8 Å². The fraction of sp³-hybridized carbons (Fsp3) is 0.381. The van der Waals surface area contributed by atoms with E-state index < -0.39 is 11.8 Å². The van der Waals surface area contributed by atoms with E-state index in [1.807, 2.05) is 18.7 Å². The summed E-state index contributed by atoms with van der Waals surface area (Å²) in [6, 6.07) is 7.59. The summed E-state index contributed by atoms with van der Waals surface area (Å²) in [7, 11) is 0. The van der Waals surface area contributed by atoms with E-state index in [2.05, 4.69) is 20.5 Å². The first-order chi connectivity index (χ1) is 13.8. The molecule has 154 valence electrons. The van der Waals surface area contributed by atoms with Crippen molar-refractivity contribution in [2.75, 3.05) is 36.8 Å². The van der Waals surface area contributed by atoms with Crippen LogP contribution in [0.1, 0.15) is 31.1 Å². The van der Waals surface area contributed by atoms with E-state index in [4.69, 9.17) is 0 Å². The van der Waals surface area contributed by atoms with Crippen LogP contribution in [0.3, 0.4) is 0 Å². The lowest BCUT2D eigenvalue weighted by molar-refractivity contribution is -0.130. The number of halogens is 1. The van der Waals surface area contributed by atoms with Crippen LogP contribution in [-0.2, 0) is 4.79 Å². The highest BCUT2D eigenvalue weighted by molar-refractivity contribution is 5.99. The smallest absolute Gasteiger partial charge is 0.323 e. The van der Waals surface area contributed by atoms with Crippen molar-refractivity contribution >= 4 is 23.3 Å². The summed E-state index contributed by atoms with van der Waals surface area (Å²) in [6.45, 7) is 8.20. The monoisotopic (exact) mass is 399 g/mol. The molecule has 1 aromatic carbocycles. The van der Waals surface area contributed by atoms with E-state index in [1.54, 1.807) is 31.3 Å². The number of hydrogen-bond acceptors (Lipinski definition) is 4. The zero-order valence-electron chi connectivity index (χ0n) is 16.9. The Morgan fingerprint density at radius 2 is 1.76 bits per heavy atom. The van der Waals surface area contributed by atoms with Crippen molar-refractivity contribution < 1.29 is 14.0 Å². The molecule has 0 radical (unpaired) electrons. The first-order valence-electron chi connectivity index (χ1n) is 9.62. The Labute approximate surface area is 169 Å². The van der Waals surface area contributed by atoms with Gasteiger partial charge in [-0.2, -0.15) is 0 Å². The van der Waals surface area contributed by atoms with Gasteiger partial charge < -0.3 is 15.5 Å². The number of benzene rings is 1. The van der Waals surface area contributed by atoms with E-state index in [9.17, 15) is 14.0 Å². The maximum absolute atomic E-state index is 14.2. The van der Waals surface area contributed by atoms with E-state index in [1.165, 1.54) is 12.1 Å². The number of aryl methyl sites for hydroxylation is 1. The van der Waals surface area contributed by atoms with Crippen LogP contribution in [0, 0.1) is 12.7 Å². The van der Waals surface area contributed by atoms with Gasteiger partial charge in [0.1, 0.15) is 5.82 Å². The molecule has 1 aromatic heterocycles. The molecular formula is C21H26FN5O2. The van der Waals surface area contributed by atoms with Gasteiger partial charge in [-0.15, -0.1) is 0 Å². The molecule has 2 N–H and O–H groups in total. The summed E-state index contributed by atoms with van der Waals surface area (Å²) in [4.78, 5) is 31.9. The summed E-state index contributed by atoms with van der Waals surface area (Å²) in [5, 5.41) is 5.36. The number of anilines is 2. The van der Waals surface area contributed by atoms with Crippen molar-refractivity contribution in [1.29, 1.82) is 0 Å². The molecule has 8 heteroatoms. The van der Waals surface area contributed by atoms with Gasteiger partial charge in [0.15, 0.2) is 0 Å². The highest BCUT2D eigenvalue weighted by Crippen LogP contribution is 2.25. The predicted octanol–water partition coefficient (Wildman–Crippen LogP) is 3.40. The van der Waals surface area contributed by atoms with Crippen LogP contribution in [0.15, 0.2) is 36.5 Å². The first kappa shape index (κ1) is 20.7. The van der Waals surface area contributed by atoms with Gasteiger partial charge in [-0.25, -0.2) is 9.18 Å². The molecule has 3 amide bonds. The largest absolute Gasteiger partial charge is 0.340 e. The molecule has 3 rings (SSSR count). The molecule has 1 fully saturated rings. The SMILES string of the molecule is CC(=O)N1CCN(C(C)c2cc(F)cc(NC(=O)Nc3ccc(C)nc3)c2)CC1. The number of urea groups is 1. The highest BCUT2D eigenvalue weighted by Gasteiger charge is 2.23. The van der Waals surface area contributed by atoms with E-state index in [0.29, 0.717) is 24.5 Å². The number of rotatable bonds is 4. The van der Waals surface area contributed by atoms with Crippen molar-refractivity contribution in [3.05, 3.63) is 53.6 Å².